The molecule has 0 aliphatic carbocycles. The van der Waals surface area contributed by atoms with Gasteiger partial charge in [-0.2, -0.15) is 0 Å². The number of piperidine rings is 1. The zero-order valence-electron chi connectivity index (χ0n) is 12.1. The summed E-state index contributed by atoms with van der Waals surface area (Å²) in [4.78, 5) is 2.38. The van der Waals surface area contributed by atoms with Gasteiger partial charge in [-0.3, -0.25) is 4.90 Å². The average molecular weight is 280 g/mol. The molecular weight excluding hydrogens is 255 g/mol. The third-order valence-corrected chi connectivity index (χ3v) is 4.39. The molecule has 3 nitrogen and oxygen atoms in total. The van der Waals surface area contributed by atoms with Crippen LogP contribution in [0.2, 0.25) is 0 Å². The average Bonchev–Trinajstić information content (AvgIpc) is 2.50. The smallest absolute Gasteiger partial charge is 0.123 e. The zero-order chi connectivity index (χ0) is 14.5. The molecule has 4 heteroatoms. The Morgan fingerprint density at radius 3 is 2.40 bits per heavy atom. The van der Waals surface area contributed by atoms with Crippen LogP contribution in [0.4, 0.5) is 4.39 Å². The standard InChI is InChI=1S/C16H25FN2O/c1-2-15(18)16(13-3-5-14(17)6-4-13)19-9-7-12(11-20)8-10-19/h3-6,12,15-16,20H,2,7-11,18H2,1H3. The maximum absolute atomic E-state index is 13.1. The fraction of sp³-hybridized carbons (Fsp3) is 0.625. The van der Waals surface area contributed by atoms with Gasteiger partial charge in [-0.1, -0.05) is 19.1 Å². The molecule has 2 rings (SSSR count). The molecule has 20 heavy (non-hydrogen) atoms. The summed E-state index contributed by atoms with van der Waals surface area (Å²) in [6.45, 7) is 4.25. The van der Waals surface area contributed by atoms with E-state index in [2.05, 4.69) is 11.8 Å². The molecular formula is C16H25FN2O. The predicted octanol–water partition coefficient (Wildman–Crippen LogP) is 2.31. The van der Waals surface area contributed by atoms with Crippen LogP contribution in [0.3, 0.4) is 0 Å². The lowest BCUT2D eigenvalue weighted by Gasteiger charge is -2.40. The largest absolute Gasteiger partial charge is 0.396 e. The summed E-state index contributed by atoms with van der Waals surface area (Å²) in [6, 6.07) is 6.88. The lowest BCUT2D eigenvalue weighted by molar-refractivity contribution is 0.0884. The molecule has 0 spiro atoms. The number of aliphatic hydroxyl groups is 1. The molecule has 112 valence electrons. The van der Waals surface area contributed by atoms with Crippen LogP contribution in [0, 0.1) is 11.7 Å². The summed E-state index contributed by atoms with van der Waals surface area (Å²) in [6.07, 6.45) is 2.90. The van der Waals surface area contributed by atoms with Crippen molar-refractivity contribution < 1.29 is 9.50 Å². The third kappa shape index (κ3) is 3.57. The molecule has 2 unspecified atom stereocenters. The Labute approximate surface area is 120 Å². The van der Waals surface area contributed by atoms with Crippen molar-refractivity contribution in [2.45, 2.75) is 38.3 Å². The van der Waals surface area contributed by atoms with Gasteiger partial charge in [-0.15, -0.1) is 0 Å². The minimum absolute atomic E-state index is 0.0473. The van der Waals surface area contributed by atoms with Crippen LogP contribution in [-0.2, 0) is 0 Å². The molecule has 1 aromatic carbocycles. The van der Waals surface area contributed by atoms with Crippen molar-refractivity contribution in [2.75, 3.05) is 19.7 Å². The summed E-state index contributed by atoms with van der Waals surface area (Å²) in [7, 11) is 0. The number of hydrogen-bond donors (Lipinski definition) is 2. The van der Waals surface area contributed by atoms with Crippen LogP contribution in [0.15, 0.2) is 24.3 Å². The van der Waals surface area contributed by atoms with E-state index in [1.807, 2.05) is 12.1 Å². The van der Waals surface area contributed by atoms with E-state index in [0.717, 1.165) is 37.9 Å². The van der Waals surface area contributed by atoms with Gasteiger partial charge < -0.3 is 10.8 Å². The molecule has 0 saturated carbocycles. The van der Waals surface area contributed by atoms with Crippen LogP contribution in [0.5, 0.6) is 0 Å². The maximum Gasteiger partial charge on any atom is 0.123 e. The highest BCUT2D eigenvalue weighted by molar-refractivity contribution is 5.22. The molecule has 0 radical (unpaired) electrons. The number of nitrogens with two attached hydrogens (primary N) is 1. The van der Waals surface area contributed by atoms with Gasteiger partial charge in [-0.05, 0) is 56.0 Å². The minimum Gasteiger partial charge on any atom is -0.396 e. The second-order valence-corrected chi connectivity index (χ2v) is 5.73. The Morgan fingerprint density at radius 2 is 1.90 bits per heavy atom. The first-order chi connectivity index (χ1) is 9.65. The molecule has 1 aromatic rings. The highest BCUT2D eigenvalue weighted by atomic mass is 19.1. The number of likely N-dealkylation sites (tertiary alicyclic amines) is 1. The van der Waals surface area contributed by atoms with Crippen molar-refractivity contribution in [3.63, 3.8) is 0 Å². The minimum atomic E-state index is -0.212. The van der Waals surface area contributed by atoms with E-state index in [-0.39, 0.29) is 24.5 Å². The molecule has 1 saturated heterocycles. The summed E-state index contributed by atoms with van der Waals surface area (Å²) >= 11 is 0. The Morgan fingerprint density at radius 1 is 1.30 bits per heavy atom. The monoisotopic (exact) mass is 280 g/mol. The molecule has 2 atom stereocenters. The van der Waals surface area contributed by atoms with Crippen LogP contribution >= 0.6 is 0 Å². The Balaban J connectivity index is 2.14. The highest BCUT2D eigenvalue weighted by Crippen LogP contribution is 2.29. The van der Waals surface area contributed by atoms with Gasteiger partial charge in [0.25, 0.3) is 0 Å². The summed E-state index contributed by atoms with van der Waals surface area (Å²) in [5, 5.41) is 9.23. The van der Waals surface area contributed by atoms with Crippen molar-refractivity contribution in [3.8, 4) is 0 Å². The fourth-order valence-corrected chi connectivity index (χ4v) is 3.03. The molecule has 1 heterocycles. The van der Waals surface area contributed by atoms with Crippen molar-refractivity contribution in [3.05, 3.63) is 35.6 Å². The Hall–Kier alpha value is -0.970. The van der Waals surface area contributed by atoms with Crippen LogP contribution in [0.25, 0.3) is 0 Å². The van der Waals surface area contributed by atoms with Gasteiger partial charge in [0.1, 0.15) is 5.82 Å². The quantitative estimate of drug-likeness (QED) is 0.870. The summed E-state index contributed by atoms with van der Waals surface area (Å²) in [5.74, 6) is 0.203. The first-order valence-corrected chi connectivity index (χ1v) is 7.51. The third-order valence-electron chi connectivity index (χ3n) is 4.39. The van der Waals surface area contributed by atoms with Crippen molar-refractivity contribution in [2.24, 2.45) is 11.7 Å². The molecule has 0 bridgehead atoms. The second kappa shape index (κ2) is 7.16. The number of benzene rings is 1. The number of nitrogens with zero attached hydrogens (tertiary/aromatic N) is 1. The van der Waals surface area contributed by atoms with Gasteiger partial charge in [0.2, 0.25) is 0 Å². The van der Waals surface area contributed by atoms with E-state index in [1.54, 1.807) is 0 Å². The predicted molar refractivity (Wildman–Crippen MR) is 78.8 cm³/mol. The number of hydrogen-bond acceptors (Lipinski definition) is 3. The van der Waals surface area contributed by atoms with Gasteiger partial charge in [-0.25, -0.2) is 4.39 Å². The van der Waals surface area contributed by atoms with Crippen molar-refractivity contribution in [1.82, 2.24) is 4.90 Å². The molecule has 1 fully saturated rings. The van der Waals surface area contributed by atoms with E-state index < -0.39 is 0 Å². The lowest BCUT2D eigenvalue weighted by atomic mass is 9.91. The SMILES string of the molecule is CCC(N)C(c1ccc(F)cc1)N1CCC(CO)CC1. The zero-order valence-corrected chi connectivity index (χ0v) is 12.1. The first-order valence-electron chi connectivity index (χ1n) is 7.51. The maximum atomic E-state index is 13.1. The second-order valence-electron chi connectivity index (χ2n) is 5.73. The van der Waals surface area contributed by atoms with Crippen LogP contribution in [0.1, 0.15) is 37.8 Å². The van der Waals surface area contributed by atoms with E-state index in [9.17, 15) is 9.50 Å². The molecule has 0 aromatic heterocycles. The van der Waals surface area contributed by atoms with E-state index in [4.69, 9.17) is 5.73 Å². The normalized spacial score (nSPS) is 20.8. The number of aliphatic hydroxyl groups excluding tert-OH is 1. The van der Waals surface area contributed by atoms with Gasteiger partial charge in [0.15, 0.2) is 0 Å². The van der Waals surface area contributed by atoms with Gasteiger partial charge >= 0.3 is 0 Å². The Kier molecular flexibility index (Phi) is 5.52. The molecule has 0 amide bonds. The fourth-order valence-electron chi connectivity index (χ4n) is 3.03. The van der Waals surface area contributed by atoms with Gasteiger partial charge in [0, 0.05) is 18.7 Å². The van der Waals surface area contributed by atoms with E-state index >= 15 is 0 Å². The highest BCUT2D eigenvalue weighted by Gasteiger charge is 2.29. The van der Waals surface area contributed by atoms with Crippen molar-refractivity contribution >= 4 is 0 Å². The van der Waals surface area contributed by atoms with Crippen molar-refractivity contribution in [1.29, 1.82) is 0 Å². The van der Waals surface area contributed by atoms with Gasteiger partial charge in [0.05, 0.1) is 0 Å². The number of halogens is 1. The molecule has 1 aliphatic rings. The number of rotatable bonds is 5. The first kappa shape index (κ1) is 15.4. The molecule has 1 aliphatic heterocycles. The molecule has 3 N–H and O–H groups in total. The Bertz CT molecular complexity index is 401. The summed E-state index contributed by atoms with van der Waals surface area (Å²) in [5.41, 5.74) is 7.39. The van der Waals surface area contributed by atoms with E-state index in [1.165, 1.54) is 12.1 Å². The van der Waals surface area contributed by atoms with Crippen LogP contribution in [-0.4, -0.2) is 35.7 Å². The summed E-state index contributed by atoms with van der Waals surface area (Å²) < 4.78 is 13.1. The van der Waals surface area contributed by atoms with E-state index in [0.29, 0.717) is 5.92 Å². The topological polar surface area (TPSA) is 49.5 Å². The van der Waals surface area contributed by atoms with Crippen LogP contribution < -0.4 is 5.73 Å². The lowest BCUT2D eigenvalue weighted by Crippen LogP contribution is -2.45.